The lowest BCUT2D eigenvalue weighted by atomic mass is 9.67. The van der Waals surface area contributed by atoms with Crippen molar-refractivity contribution in [1.29, 1.82) is 0 Å². The molecule has 2 N–H and O–H groups in total. The second kappa shape index (κ2) is 6.46. The number of carbonyl (C=O) groups excluding carboxylic acids is 1. The molecule has 0 bridgehead atoms. The fourth-order valence-corrected chi connectivity index (χ4v) is 3.30. The van der Waals surface area contributed by atoms with Gasteiger partial charge in [0.2, 0.25) is 0 Å². The number of hydrogen-bond donors (Lipinski definition) is 2. The van der Waals surface area contributed by atoms with E-state index in [-0.39, 0.29) is 11.4 Å². The average Bonchev–Trinajstić information content (AvgIpc) is 2.63. The summed E-state index contributed by atoms with van der Waals surface area (Å²) in [6.07, 6.45) is 8.03. The number of nitrogens with zero attached hydrogens (tertiary/aromatic N) is 1. The van der Waals surface area contributed by atoms with Gasteiger partial charge >= 0.3 is 12.0 Å². The van der Waals surface area contributed by atoms with Crippen molar-refractivity contribution in [2.45, 2.75) is 64.3 Å². The molecule has 5 nitrogen and oxygen atoms in total. The Kier molecular flexibility index (Phi) is 4.89. The number of urea groups is 1. The monoisotopic (exact) mass is 282 g/mol. The maximum Gasteiger partial charge on any atom is 0.326 e. The number of carboxylic acids is 1. The van der Waals surface area contributed by atoms with E-state index in [1.165, 1.54) is 24.2 Å². The van der Waals surface area contributed by atoms with Crippen molar-refractivity contribution in [2.24, 2.45) is 5.41 Å². The van der Waals surface area contributed by atoms with Crippen molar-refractivity contribution < 1.29 is 14.7 Å². The Labute approximate surface area is 120 Å². The molecule has 1 aliphatic heterocycles. The van der Waals surface area contributed by atoms with Gasteiger partial charge in [-0.05, 0) is 37.5 Å². The van der Waals surface area contributed by atoms with E-state index in [9.17, 15) is 14.7 Å². The predicted molar refractivity (Wildman–Crippen MR) is 76.6 cm³/mol. The lowest BCUT2D eigenvalue weighted by Crippen LogP contribution is -2.52. The van der Waals surface area contributed by atoms with Crippen molar-refractivity contribution >= 4 is 12.0 Å². The van der Waals surface area contributed by atoms with E-state index in [0.29, 0.717) is 19.5 Å². The van der Waals surface area contributed by atoms with Crippen LogP contribution in [0.5, 0.6) is 0 Å². The third kappa shape index (κ3) is 3.25. The summed E-state index contributed by atoms with van der Waals surface area (Å²) < 4.78 is 0. The zero-order chi connectivity index (χ0) is 14.6. The number of carbonyl (C=O) groups is 2. The Morgan fingerprint density at radius 2 is 2.00 bits per heavy atom. The Morgan fingerprint density at radius 1 is 1.25 bits per heavy atom. The molecule has 1 aliphatic carbocycles. The molecule has 1 heterocycles. The van der Waals surface area contributed by atoms with Crippen LogP contribution in [0.25, 0.3) is 0 Å². The van der Waals surface area contributed by atoms with Crippen LogP contribution in [0.4, 0.5) is 4.79 Å². The first kappa shape index (κ1) is 15.1. The Morgan fingerprint density at radius 3 is 2.55 bits per heavy atom. The minimum absolute atomic E-state index is 0.195. The molecule has 20 heavy (non-hydrogen) atoms. The van der Waals surface area contributed by atoms with Gasteiger partial charge in [-0.2, -0.15) is 0 Å². The van der Waals surface area contributed by atoms with Gasteiger partial charge in [-0.25, -0.2) is 9.59 Å². The molecule has 1 unspecified atom stereocenters. The minimum Gasteiger partial charge on any atom is -0.480 e. The van der Waals surface area contributed by atoms with Crippen molar-refractivity contribution in [2.75, 3.05) is 13.1 Å². The highest BCUT2D eigenvalue weighted by Crippen LogP contribution is 2.43. The fourth-order valence-electron chi connectivity index (χ4n) is 3.30. The van der Waals surface area contributed by atoms with Gasteiger partial charge in [-0.15, -0.1) is 0 Å². The highest BCUT2D eigenvalue weighted by atomic mass is 16.4. The van der Waals surface area contributed by atoms with E-state index in [0.717, 1.165) is 25.7 Å². The number of carboxylic acid groups (broad SMARTS) is 1. The first-order valence-electron chi connectivity index (χ1n) is 7.85. The van der Waals surface area contributed by atoms with Gasteiger partial charge < -0.3 is 15.3 Å². The number of likely N-dealkylation sites (tertiary alicyclic amines) is 1. The molecule has 0 radical (unpaired) electrons. The standard InChI is InChI=1S/C15H26N2O3/c1-2-15(8-6-9-15)11-16-14(20)17-10-5-3-4-7-12(17)13(18)19/h12H,2-11H2,1H3,(H,16,20)(H,18,19). The SMILES string of the molecule is CCC1(CNC(=O)N2CCCCCC2C(=O)O)CCC1. The molecule has 0 aromatic heterocycles. The summed E-state index contributed by atoms with van der Waals surface area (Å²) in [6, 6.07) is -0.851. The van der Waals surface area contributed by atoms with E-state index in [4.69, 9.17) is 0 Å². The van der Waals surface area contributed by atoms with E-state index < -0.39 is 12.0 Å². The van der Waals surface area contributed by atoms with Crippen molar-refractivity contribution in [3.63, 3.8) is 0 Å². The normalized spacial score (nSPS) is 25.4. The van der Waals surface area contributed by atoms with E-state index in [1.54, 1.807) is 0 Å². The summed E-state index contributed by atoms with van der Waals surface area (Å²) in [5, 5.41) is 12.3. The molecule has 0 aromatic carbocycles. The summed E-state index contributed by atoms with van der Waals surface area (Å²) in [5.41, 5.74) is 0.264. The van der Waals surface area contributed by atoms with Crippen LogP contribution in [-0.4, -0.2) is 41.1 Å². The van der Waals surface area contributed by atoms with E-state index in [2.05, 4.69) is 12.2 Å². The van der Waals surface area contributed by atoms with Crippen LogP contribution in [0.3, 0.4) is 0 Å². The van der Waals surface area contributed by atoms with Gasteiger partial charge in [0.15, 0.2) is 0 Å². The third-order valence-corrected chi connectivity index (χ3v) is 5.08. The first-order chi connectivity index (χ1) is 9.58. The molecule has 0 aromatic rings. The smallest absolute Gasteiger partial charge is 0.326 e. The zero-order valence-corrected chi connectivity index (χ0v) is 12.4. The Balaban J connectivity index is 1.93. The number of amides is 2. The Hall–Kier alpha value is -1.26. The second-order valence-electron chi connectivity index (χ2n) is 6.26. The molecule has 114 valence electrons. The molecule has 5 heteroatoms. The summed E-state index contributed by atoms with van der Waals surface area (Å²) in [5.74, 6) is -0.879. The zero-order valence-electron chi connectivity index (χ0n) is 12.4. The van der Waals surface area contributed by atoms with Crippen LogP contribution in [0, 0.1) is 5.41 Å². The number of aliphatic carboxylic acids is 1. The second-order valence-corrected chi connectivity index (χ2v) is 6.26. The van der Waals surface area contributed by atoms with Gasteiger partial charge in [0.05, 0.1) is 0 Å². The molecule has 1 saturated heterocycles. The first-order valence-corrected chi connectivity index (χ1v) is 7.85. The van der Waals surface area contributed by atoms with Crippen LogP contribution in [0.15, 0.2) is 0 Å². The minimum atomic E-state index is -0.879. The molecule has 2 rings (SSSR count). The fraction of sp³-hybridized carbons (Fsp3) is 0.867. The number of rotatable bonds is 4. The third-order valence-electron chi connectivity index (χ3n) is 5.08. The lowest BCUT2D eigenvalue weighted by molar-refractivity contribution is -0.142. The summed E-state index contributed by atoms with van der Waals surface area (Å²) in [4.78, 5) is 25.2. The van der Waals surface area contributed by atoms with Gasteiger partial charge in [0.25, 0.3) is 0 Å². The number of hydrogen-bond acceptors (Lipinski definition) is 2. The molecule has 2 fully saturated rings. The van der Waals surface area contributed by atoms with E-state index in [1.807, 2.05) is 0 Å². The van der Waals surface area contributed by atoms with Crippen LogP contribution in [0.2, 0.25) is 0 Å². The average molecular weight is 282 g/mol. The highest BCUT2D eigenvalue weighted by molar-refractivity contribution is 5.82. The molecular weight excluding hydrogens is 256 g/mol. The quantitative estimate of drug-likeness (QED) is 0.832. The van der Waals surface area contributed by atoms with Crippen LogP contribution >= 0.6 is 0 Å². The lowest BCUT2D eigenvalue weighted by Gasteiger charge is -2.42. The molecule has 1 saturated carbocycles. The van der Waals surface area contributed by atoms with Crippen molar-refractivity contribution in [3.8, 4) is 0 Å². The van der Waals surface area contributed by atoms with Crippen LogP contribution < -0.4 is 5.32 Å². The van der Waals surface area contributed by atoms with Gasteiger partial charge in [0, 0.05) is 13.1 Å². The number of nitrogens with one attached hydrogen (secondary N) is 1. The molecular formula is C15H26N2O3. The van der Waals surface area contributed by atoms with Crippen LogP contribution in [-0.2, 0) is 4.79 Å². The topological polar surface area (TPSA) is 69.6 Å². The van der Waals surface area contributed by atoms with E-state index >= 15 is 0 Å². The molecule has 2 aliphatic rings. The highest BCUT2D eigenvalue weighted by Gasteiger charge is 2.37. The van der Waals surface area contributed by atoms with Crippen molar-refractivity contribution in [1.82, 2.24) is 10.2 Å². The molecule has 0 spiro atoms. The summed E-state index contributed by atoms with van der Waals surface area (Å²) in [7, 11) is 0. The maximum absolute atomic E-state index is 12.3. The predicted octanol–water partition coefficient (Wildman–Crippen LogP) is 2.61. The largest absolute Gasteiger partial charge is 0.480 e. The van der Waals surface area contributed by atoms with Crippen LogP contribution in [0.1, 0.15) is 58.3 Å². The van der Waals surface area contributed by atoms with Crippen molar-refractivity contribution in [3.05, 3.63) is 0 Å². The Bertz CT molecular complexity index is 361. The summed E-state index contributed by atoms with van der Waals surface area (Å²) in [6.45, 7) is 3.41. The molecule has 1 atom stereocenters. The van der Waals surface area contributed by atoms with Gasteiger partial charge in [0.1, 0.15) is 6.04 Å². The maximum atomic E-state index is 12.3. The molecule has 2 amide bonds. The summed E-state index contributed by atoms with van der Waals surface area (Å²) >= 11 is 0. The van der Waals surface area contributed by atoms with Gasteiger partial charge in [-0.1, -0.05) is 26.2 Å². The van der Waals surface area contributed by atoms with Gasteiger partial charge in [-0.3, -0.25) is 0 Å².